The Labute approximate surface area is 140 Å². The van der Waals surface area contributed by atoms with E-state index in [0.717, 1.165) is 25.0 Å². The summed E-state index contributed by atoms with van der Waals surface area (Å²) in [7, 11) is 0. The normalized spacial score (nSPS) is 25.1. The highest BCUT2D eigenvalue weighted by Gasteiger charge is 2.42. The Morgan fingerprint density at radius 1 is 1.26 bits per heavy atom. The Morgan fingerprint density at radius 3 is 2.78 bits per heavy atom. The number of hydrogen-bond donors (Lipinski definition) is 1. The maximum absolute atomic E-state index is 10.1. The summed E-state index contributed by atoms with van der Waals surface area (Å²) < 4.78 is 6.34. The number of phenols is 1. The lowest BCUT2D eigenvalue weighted by Crippen LogP contribution is -2.40. The molecule has 2 atom stereocenters. The van der Waals surface area contributed by atoms with Crippen LogP contribution < -0.4 is 4.74 Å². The van der Waals surface area contributed by atoms with Crippen molar-refractivity contribution in [2.45, 2.75) is 77.7 Å². The van der Waals surface area contributed by atoms with E-state index in [-0.39, 0.29) is 11.5 Å². The first-order chi connectivity index (χ1) is 10.9. The van der Waals surface area contributed by atoms with Crippen LogP contribution in [0.15, 0.2) is 23.8 Å². The molecule has 0 fully saturated rings. The van der Waals surface area contributed by atoms with Crippen molar-refractivity contribution < 1.29 is 9.84 Å². The molecule has 0 saturated carbocycles. The van der Waals surface area contributed by atoms with Crippen molar-refractivity contribution in [3.8, 4) is 11.5 Å². The van der Waals surface area contributed by atoms with Crippen molar-refractivity contribution in [2.75, 3.05) is 0 Å². The van der Waals surface area contributed by atoms with Crippen LogP contribution in [0.2, 0.25) is 0 Å². The number of rotatable bonds is 4. The number of aromatic hydroxyl groups is 1. The van der Waals surface area contributed by atoms with Crippen molar-refractivity contribution in [3.05, 3.63) is 34.9 Å². The van der Waals surface area contributed by atoms with Crippen molar-refractivity contribution >= 4 is 0 Å². The molecular weight excluding hydrogens is 284 g/mol. The number of benzene rings is 1. The molecule has 1 N–H and O–H groups in total. The number of allylic oxidation sites excluding steroid dienone is 1. The van der Waals surface area contributed by atoms with Gasteiger partial charge >= 0.3 is 0 Å². The van der Waals surface area contributed by atoms with E-state index in [1.807, 2.05) is 12.1 Å². The standard InChI is InChI=1S/C21H30O2/c1-5-6-7-8-15-12-16(22)13-19-20(15)21(3,4)17-10-9-14(2)11-18(17)23-19/h10,12-14,18,22H,5-9,11H2,1-4H3. The topological polar surface area (TPSA) is 29.5 Å². The number of phenolic OH excluding ortho intramolecular Hbond substituents is 1. The number of unbranched alkanes of at least 4 members (excludes halogenated alkanes) is 2. The fraction of sp³-hybridized carbons (Fsp3) is 0.619. The highest BCUT2D eigenvalue weighted by atomic mass is 16.5. The second kappa shape index (κ2) is 6.22. The zero-order chi connectivity index (χ0) is 16.6. The molecule has 1 aromatic rings. The third kappa shape index (κ3) is 3.00. The molecule has 3 rings (SSSR count). The van der Waals surface area contributed by atoms with Crippen LogP contribution in [0.25, 0.3) is 0 Å². The molecule has 0 aromatic heterocycles. The van der Waals surface area contributed by atoms with Crippen LogP contribution in [-0.2, 0) is 11.8 Å². The second-order valence-corrected chi connectivity index (χ2v) is 7.90. The van der Waals surface area contributed by atoms with Gasteiger partial charge in [-0.25, -0.2) is 0 Å². The number of aryl methyl sites for hydroxylation is 1. The lowest BCUT2D eigenvalue weighted by molar-refractivity contribution is 0.157. The minimum atomic E-state index is -0.00631. The number of hydrogen-bond acceptors (Lipinski definition) is 2. The maximum atomic E-state index is 10.1. The molecule has 0 saturated heterocycles. The lowest BCUT2D eigenvalue weighted by Gasteiger charge is -2.44. The highest BCUT2D eigenvalue weighted by molar-refractivity contribution is 5.56. The summed E-state index contributed by atoms with van der Waals surface area (Å²) in [5.74, 6) is 1.91. The van der Waals surface area contributed by atoms with Crippen LogP contribution in [0.4, 0.5) is 0 Å². The molecule has 0 spiro atoms. The van der Waals surface area contributed by atoms with Gasteiger partial charge in [-0.1, -0.05) is 46.6 Å². The molecule has 2 unspecified atom stereocenters. The summed E-state index contributed by atoms with van der Waals surface area (Å²) in [6.07, 6.45) is 9.44. The SMILES string of the molecule is CCCCCc1cc(O)cc2c1C(C)(C)C1=CCC(C)CC1O2. The van der Waals surface area contributed by atoms with Gasteiger partial charge in [-0.2, -0.15) is 0 Å². The maximum Gasteiger partial charge on any atom is 0.128 e. The van der Waals surface area contributed by atoms with E-state index in [2.05, 4.69) is 33.8 Å². The molecule has 0 radical (unpaired) electrons. The predicted octanol–water partition coefficient (Wildman–Crippen LogP) is 5.52. The molecule has 2 nitrogen and oxygen atoms in total. The van der Waals surface area contributed by atoms with Gasteiger partial charge in [-0.15, -0.1) is 0 Å². The number of fused-ring (bicyclic) bond motifs is 2. The molecule has 1 heterocycles. The van der Waals surface area contributed by atoms with Gasteiger partial charge in [0, 0.05) is 17.0 Å². The summed E-state index contributed by atoms with van der Waals surface area (Å²) >= 11 is 0. The van der Waals surface area contributed by atoms with Crippen LogP contribution in [-0.4, -0.2) is 11.2 Å². The number of ether oxygens (including phenoxy) is 1. The monoisotopic (exact) mass is 314 g/mol. The third-order valence-corrected chi connectivity index (χ3v) is 5.54. The van der Waals surface area contributed by atoms with Crippen molar-refractivity contribution in [1.29, 1.82) is 0 Å². The third-order valence-electron chi connectivity index (χ3n) is 5.54. The first-order valence-corrected chi connectivity index (χ1v) is 9.17. The van der Waals surface area contributed by atoms with Crippen LogP contribution in [0.1, 0.15) is 70.9 Å². The van der Waals surface area contributed by atoms with Gasteiger partial charge in [-0.05, 0) is 48.8 Å². The summed E-state index contributed by atoms with van der Waals surface area (Å²) in [4.78, 5) is 0. The van der Waals surface area contributed by atoms with E-state index in [1.54, 1.807) is 0 Å². The van der Waals surface area contributed by atoms with Crippen molar-refractivity contribution in [3.63, 3.8) is 0 Å². The molecule has 1 aliphatic heterocycles. The van der Waals surface area contributed by atoms with Crippen molar-refractivity contribution in [1.82, 2.24) is 0 Å². The lowest BCUT2D eigenvalue weighted by atomic mass is 9.67. The molecule has 2 aliphatic rings. The highest BCUT2D eigenvalue weighted by Crippen LogP contribution is 2.50. The molecule has 1 aromatic carbocycles. The van der Waals surface area contributed by atoms with Gasteiger partial charge < -0.3 is 9.84 Å². The van der Waals surface area contributed by atoms with Crippen LogP contribution in [0.3, 0.4) is 0 Å². The van der Waals surface area contributed by atoms with Gasteiger partial charge in [-0.3, -0.25) is 0 Å². The first kappa shape index (κ1) is 16.4. The Hall–Kier alpha value is -1.44. The van der Waals surface area contributed by atoms with E-state index in [1.165, 1.54) is 36.0 Å². The molecule has 23 heavy (non-hydrogen) atoms. The molecular formula is C21H30O2. The molecule has 126 valence electrons. The Kier molecular flexibility index (Phi) is 4.44. The Bertz CT molecular complexity index is 613. The fourth-order valence-electron chi connectivity index (χ4n) is 4.34. The smallest absolute Gasteiger partial charge is 0.128 e. The summed E-state index contributed by atoms with van der Waals surface area (Å²) in [5.41, 5.74) is 3.98. The van der Waals surface area contributed by atoms with Gasteiger partial charge in [0.05, 0.1) is 0 Å². The average Bonchev–Trinajstić information content (AvgIpc) is 2.45. The summed E-state index contributed by atoms with van der Waals surface area (Å²) in [6, 6.07) is 3.77. The van der Waals surface area contributed by atoms with E-state index >= 15 is 0 Å². The predicted molar refractivity (Wildman–Crippen MR) is 95.3 cm³/mol. The molecule has 2 heteroatoms. The minimum absolute atomic E-state index is 0.00631. The quantitative estimate of drug-likeness (QED) is 0.585. The largest absolute Gasteiger partial charge is 0.508 e. The van der Waals surface area contributed by atoms with Gasteiger partial charge in [0.25, 0.3) is 0 Å². The van der Waals surface area contributed by atoms with Gasteiger partial charge in [0.1, 0.15) is 17.6 Å². The van der Waals surface area contributed by atoms with Gasteiger partial charge in [0.2, 0.25) is 0 Å². The summed E-state index contributed by atoms with van der Waals surface area (Å²) in [5, 5.41) is 10.1. The zero-order valence-corrected chi connectivity index (χ0v) is 15.0. The minimum Gasteiger partial charge on any atom is -0.508 e. The van der Waals surface area contributed by atoms with Gasteiger partial charge in [0.15, 0.2) is 0 Å². The van der Waals surface area contributed by atoms with Crippen LogP contribution in [0.5, 0.6) is 11.5 Å². The van der Waals surface area contributed by atoms with Crippen molar-refractivity contribution in [2.24, 2.45) is 5.92 Å². The van der Waals surface area contributed by atoms with E-state index in [0.29, 0.717) is 11.7 Å². The first-order valence-electron chi connectivity index (χ1n) is 9.17. The molecule has 1 aliphatic carbocycles. The summed E-state index contributed by atoms with van der Waals surface area (Å²) in [6.45, 7) is 9.16. The average molecular weight is 314 g/mol. The second-order valence-electron chi connectivity index (χ2n) is 7.90. The van der Waals surface area contributed by atoms with E-state index in [4.69, 9.17) is 4.74 Å². The molecule has 0 amide bonds. The fourth-order valence-corrected chi connectivity index (χ4v) is 4.34. The van der Waals surface area contributed by atoms with Crippen LogP contribution >= 0.6 is 0 Å². The Morgan fingerprint density at radius 2 is 2.04 bits per heavy atom. The van der Waals surface area contributed by atoms with Crippen LogP contribution in [0, 0.1) is 5.92 Å². The zero-order valence-electron chi connectivity index (χ0n) is 15.0. The van der Waals surface area contributed by atoms with E-state index in [9.17, 15) is 5.11 Å². The molecule has 0 bridgehead atoms. The Balaban J connectivity index is 2.04. The van der Waals surface area contributed by atoms with E-state index < -0.39 is 0 Å².